The monoisotopic (exact) mass is 507 g/mol. The summed E-state index contributed by atoms with van der Waals surface area (Å²) < 4.78 is 12.0. The normalized spacial score (nSPS) is 15.0. The Labute approximate surface area is 192 Å². The van der Waals surface area contributed by atoms with Crippen molar-refractivity contribution in [1.82, 2.24) is 4.90 Å². The maximum absolute atomic E-state index is 12.8. The molecule has 1 aliphatic rings. The van der Waals surface area contributed by atoms with Crippen molar-refractivity contribution in [3.63, 3.8) is 0 Å². The van der Waals surface area contributed by atoms with Crippen molar-refractivity contribution in [2.75, 3.05) is 13.2 Å². The van der Waals surface area contributed by atoms with Crippen LogP contribution in [0.5, 0.6) is 11.5 Å². The molecule has 0 aromatic heterocycles. The fraction of sp³-hybridized carbons (Fsp3) is 0.182. The summed E-state index contributed by atoms with van der Waals surface area (Å²) in [7, 11) is 0. The molecule has 2 aromatic rings. The van der Waals surface area contributed by atoms with E-state index in [-0.39, 0.29) is 17.7 Å². The highest BCUT2D eigenvalue weighted by Gasteiger charge is 2.35. The molecule has 2 amide bonds. The van der Waals surface area contributed by atoms with E-state index < -0.39 is 0 Å². The third-order valence-electron chi connectivity index (χ3n) is 4.13. The van der Waals surface area contributed by atoms with Crippen LogP contribution in [0.1, 0.15) is 18.1 Å². The van der Waals surface area contributed by atoms with Crippen LogP contribution in [0.4, 0.5) is 4.79 Å². The first-order valence-corrected chi connectivity index (χ1v) is 11.1. The highest BCUT2D eigenvalue weighted by molar-refractivity contribution is 9.10. The Hall–Kier alpha value is -2.22. The molecule has 1 heterocycles. The Morgan fingerprint density at radius 3 is 2.53 bits per heavy atom. The molecule has 5 nitrogen and oxygen atoms in total. The summed E-state index contributed by atoms with van der Waals surface area (Å²) in [5.74, 6) is 0.780. The third kappa shape index (κ3) is 5.28. The molecule has 0 radical (unpaired) electrons. The Kier molecular flexibility index (Phi) is 7.64. The summed E-state index contributed by atoms with van der Waals surface area (Å²) in [6.07, 6.45) is 3.32. The standard InChI is InChI=1S/C22H19BrClNO4S/c1-3-9-29-19-12-17(23)15(10-18(19)28-4-2)11-20-21(26)25(22(27)30-20)13-14-5-7-16(24)8-6-14/h3,5-8,10-12H,1,4,9,13H2,2H3/b20-11-. The van der Waals surface area contributed by atoms with E-state index >= 15 is 0 Å². The quantitative estimate of drug-likeness (QED) is 0.309. The summed E-state index contributed by atoms with van der Waals surface area (Å²) >= 11 is 10.3. The molecule has 0 atom stereocenters. The number of benzene rings is 2. The maximum atomic E-state index is 12.8. The minimum absolute atomic E-state index is 0.193. The number of carbonyl (C=O) groups is 2. The molecule has 156 valence electrons. The average molecular weight is 509 g/mol. The lowest BCUT2D eigenvalue weighted by molar-refractivity contribution is -0.123. The number of carbonyl (C=O) groups excluding carboxylic acids is 2. The van der Waals surface area contributed by atoms with Gasteiger partial charge in [-0.1, -0.05) is 52.3 Å². The van der Waals surface area contributed by atoms with Gasteiger partial charge in [0.25, 0.3) is 11.1 Å². The molecule has 3 rings (SSSR count). The minimum Gasteiger partial charge on any atom is -0.490 e. The van der Waals surface area contributed by atoms with Crippen LogP contribution in [-0.2, 0) is 11.3 Å². The SMILES string of the molecule is C=CCOc1cc(Br)c(/C=C2\SC(=O)N(Cc3ccc(Cl)cc3)C2=O)cc1OCC. The van der Waals surface area contributed by atoms with E-state index in [4.69, 9.17) is 21.1 Å². The maximum Gasteiger partial charge on any atom is 0.293 e. The van der Waals surface area contributed by atoms with Crippen molar-refractivity contribution < 1.29 is 19.1 Å². The van der Waals surface area contributed by atoms with Crippen molar-refractivity contribution in [1.29, 1.82) is 0 Å². The Morgan fingerprint density at radius 1 is 1.17 bits per heavy atom. The minimum atomic E-state index is -0.336. The number of amides is 2. The lowest BCUT2D eigenvalue weighted by Crippen LogP contribution is -2.27. The number of rotatable bonds is 8. The van der Waals surface area contributed by atoms with Gasteiger partial charge in [0.05, 0.1) is 18.1 Å². The first kappa shape index (κ1) is 22.5. The second-order valence-electron chi connectivity index (χ2n) is 6.25. The molecule has 1 saturated heterocycles. The van der Waals surface area contributed by atoms with E-state index in [1.54, 1.807) is 48.6 Å². The van der Waals surface area contributed by atoms with Gasteiger partial charge in [-0.05, 0) is 60.2 Å². The second kappa shape index (κ2) is 10.2. The van der Waals surface area contributed by atoms with Gasteiger partial charge < -0.3 is 9.47 Å². The molecular formula is C22H19BrClNO4S. The van der Waals surface area contributed by atoms with Crippen molar-refractivity contribution in [2.24, 2.45) is 0 Å². The van der Waals surface area contributed by atoms with Crippen LogP contribution in [0.15, 0.2) is 58.4 Å². The molecule has 0 N–H and O–H groups in total. The first-order chi connectivity index (χ1) is 14.4. The van der Waals surface area contributed by atoms with Gasteiger partial charge in [0.15, 0.2) is 11.5 Å². The van der Waals surface area contributed by atoms with Gasteiger partial charge in [0.2, 0.25) is 0 Å². The lowest BCUT2D eigenvalue weighted by Gasteiger charge is -2.13. The van der Waals surface area contributed by atoms with Gasteiger partial charge >= 0.3 is 0 Å². The van der Waals surface area contributed by atoms with Crippen LogP contribution in [-0.4, -0.2) is 29.3 Å². The molecule has 0 spiro atoms. The summed E-state index contributed by atoms with van der Waals surface area (Å²) in [4.78, 5) is 26.8. The largest absolute Gasteiger partial charge is 0.490 e. The van der Waals surface area contributed by atoms with E-state index in [0.29, 0.717) is 40.2 Å². The Balaban J connectivity index is 1.86. The van der Waals surface area contributed by atoms with Gasteiger partial charge in [0, 0.05) is 9.50 Å². The van der Waals surface area contributed by atoms with Crippen molar-refractivity contribution in [2.45, 2.75) is 13.5 Å². The van der Waals surface area contributed by atoms with Crippen molar-refractivity contribution >= 4 is 56.5 Å². The molecule has 0 aliphatic carbocycles. The van der Waals surface area contributed by atoms with Crippen LogP contribution >= 0.6 is 39.3 Å². The molecule has 0 saturated carbocycles. The van der Waals surface area contributed by atoms with Gasteiger partial charge in [-0.15, -0.1) is 0 Å². The van der Waals surface area contributed by atoms with Gasteiger partial charge in [0.1, 0.15) is 6.61 Å². The highest BCUT2D eigenvalue weighted by atomic mass is 79.9. The Bertz CT molecular complexity index is 1010. The van der Waals surface area contributed by atoms with Crippen molar-refractivity contribution in [3.8, 4) is 11.5 Å². The summed E-state index contributed by atoms with van der Waals surface area (Å²) in [5, 5.41) is 0.288. The van der Waals surface area contributed by atoms with Crippen LogP contribution < -0.4 is 9.47 Å². The first-order valence-electron chi connectivity index (χ1n) is 9.12. The summed E-state index contributed by atoms with van der Waals surface area (Å²) in [6.45, 7) is 6.52. The van der Waals surface area contributed by atoms with Crippen LogP contribution in [0, 0.1) is 0 Å². The topological polar surface area (TPSA) is 55.8 Å². The van der Waals surface area contributed by atoms with Crippen LogP contribution in [0.3, 0.4) is 0 Å². The zero-order chi connectivity index (χ0) is 21.7. The van der Waals surface area contributed by atoms with Crippen LogP contribution in [0.25, 0.3) is 6.08 Å². The van der Waals surface area contributed by atoms with E-state index in [1.807, 2.05) is 6.92 Å². The fourth-order valence-corrected chi connectivity index (χ4v) is 4.13. The van der Waals surface area contributed by atoms with Gasteiger partial charge in [-0.3, -0.25) is 14.5 Å². The molecular weight excluding hydrogens is 490 g/mol. The molecule has 1 aliphatic heterocycles. The van der Waals surface area contributed by atoms with Gasteiger partial charge in [-0.25, -0.2) is 0 Å². The number of ether oxygens (including phenoxy) is 2. The number of thioether (sulfide) groups is 1. The fourth-order valence-electron chi connectivity index (χ4n) is 2.74. The van der Waals surface area contributed by atoms with E-state index in [9.17, 15) is 9.59 Å². The lowest BCUT2D eigenvalue weighted by atomic mass is 10.1. The molecule has 0 bridgehead atoms. The zero-order valence-electron chi connectivity index (χ0n) is 16.2. The summed E-state index contributed by atoms with van der Waals surface area (Å²) in [6, 6.07) is 10.6. The van der Waals surface area contributed by atoms with E-state index in [2.05, 4.69) is 22.5 Å². The average Bonchev–Trinajstić information content (AvgIpc) is 2.98. The predicted octanol–water partition coefficient (Wildman–Crippen LogP) is 6.30. The summed E-state index contributed by atoms with van der Waals surface area (Å²) in [5.41, 5.74) is 1.54. The number of imide groups is 1. The Morgan fingerprint density at radius 2 is 1.87 bits per heavy atom. The molecule has 2 aromatic carbocycles. The van der Waals surface area contributed by atoms with E-state index in [0.717, 1.165) is 21.8 Å². The second-order valence-corrected chi connectivity index (χ2v) is 8.53. The van der Waals surface area contributed by atoms with Gasteiger partial charge in [-0.2, -0.15) is 0 Å². The molecule has 0 unspecified atom stereocenters. The van der Waals surface area contributed by atoms with E-state index in [1.165, 1.54) is 4.90 Å². The third-order valence-corrected chi connectivity index (χ3v) is 5.98. The number of hydrogen-bond acceptors (Lipinski definition) is 5. The molecule has 1 fully saturated rings. The smallest absolute Gasteiger partial charge is 0.293 e. The molecule has 30 heavy (non-hydrogen) atoms. The number of nitrogens with zero attached hydrogens (tertiary/aromatic N) is 1. The zero-order valence-corrected chi connectivity index (χ0v) is 19.4. The highest BCUT2D eigenvalue weighted by Crippen LogP contribution is 2.38. The molecule has 8 heteroatoms. The predicted molar refractivity (Wildman–Crippen MR) is 124 cm³/mol. The van der Waals surface area contributed by atoms with Crippen LogP contribution in [0.2, 0.25) is 5.02 Å². The van der Waals surface area contributed by atoms with Crippen molar-refractivity contribution in [3.05, 3.63) is 74.6 Å². The number of hydrogen-bond donors (Lipinski definition) is 0. The number of halogens is 2.